The van der Waals surface area contributed by atoms with Gasteiger partial charge in [0, 0.05) is 12.7 Å². The van der Waals surface area contributed by atoms with Crippen molar-refractivity contribution in [2.24, 2.45) is 0 Å². The number of carboxylic acids is 1. The van der Waals surface area contributed by atoms with E-state index in [1.165, 1.54) is 18.3 Å². The Morgan fingerprint density at radius 2 is 1.59 bits per heavy atom. The number of hydrogen-bond donors (Lipinski definition) is 3. The number of aromatic nitrogens is 1. The Bertz CT molecular complexity index is 1110. The molecule has 1 amide bonds. The van der Waals surface area contributed by atoms with Crippen molar-refractivity contribution in [1.29, 1.82) is 0 Å². The van der Waals surface area contributed by atoms with E-state index in [-0.39, 0.29) is 19.0 Å². The average Bonchev–Trinajstić information content (AvgIpc) is 2.82. The van der Waals surface area contributed by atoms with Crippen molar-refractivity contribution in [1.82, 2.24) is 10.3 Å². The lowest BCUT2D eigenvalue weighted by molar-refractivity contribution is -0.138. The third kappa shape index (κ3) is 6.57. The summed E-state index contributed by atoms with van der Waals surface area (Å²) in [5, 5.41) is 14.5. The lowest BCUT2D eigenvalue weighted by Crippen LogP contribution is -2.26. The maximum Gasteiger partial charge on any atom is 0.416 e. The van der Waals surface area contributed by atoms with Crippen LogP contribution in [0.2, 0.25) is 0 Å². The van der Waals surface area contributed by atoms with Crippen molar-refractivity contribution in [3.05, 3.63) is 83.6 Å². The number of amides is 1. The van der Waals surface area contributed by atoms with Gasteiger partial charge in [-0.2, -0.15) is 13.2 Å². The number of anilines is 1. The number of benzene rings is 2. The Hall–Kier alpha value is -3.88. The molecule has 2 aromatic carbocycles. The lowest BCUT2D eigenvalue weighted by atomic mass is 9.99. The number of aliphatic carboxylic acids is 1. The van der Waals surface area contributed by atoms with Gasteiger partial charge in [0.25, 0.3) is 5.91 Å². The minimum absolute atomic E-state index is 0.0363. The Balaban J connectivity index is 1.64. The van der Waals surface area contributed by atoms with Gasteiger partial charge in [-0.3, -0.25) is 9.59 Å². The maximum atomic E-state index is 12.8. The third-order valence-electron chi connectivity index (χ3n) is 5.24. The molecule has 3 N–H and O–H groups in total. The number of nitrogens with one attached hydrogen (secondary N) is 2. The van der Waals surface area contributed by atoms with Gasteiger partial charge in [0.2, 0.25) is 0 Å². The molecule has 0 bridgehead atoms. The zero-order chi connectivity index (χ0) is 24.7. The Morgan fingerprint density at radius 3 is 2.09 bits per heavy atom. The van der Waals surface area contributed by atoms with Crippen LogP contribution in [0.15, 0.2) is 66.9 Å². The van der Waals surface area contributed by atoms with E-state index in [1.54, 1.807) is 12.1 Å². The van der Waals surface area contributed by atoms with Gasteiger partial charge in [-0.25, -0.2) is 4.98 Å². The Kier molecular flexibility index (Phi) is 7.88. The number of carbonyl (C=O) groups excluding carboxylic acids is 1. The fourth-order valence-corrected chi connectivity index (χ4v) is 3.36. The number of halogens is 3. The predicted octanol–water partition coefficient (Wildman–Crippen LogP) is 5.54. The summed E-state index contributed by atoms with van der Waals surface area (Å²) in [6.07, 6.45) is -2.36. The van der Waals surface area contributed by atoms with E-state index in [0.717, 1.165) is 29.7 Å². The van der Waals surface area contributed by atoms with Crippen LogP contribution in [0.25, 0.3) is 11.1 Å². The maximum absolute atomic E-state index is 12.8. The van der Waals surface area contributed by atoms with Crippen molar-refractivity contribution in [3.8, 4) is 11.1 Å². The van der Waals surface area contributed by atoms with E-state index in [4.69, 9.17) is 5.11 Å². The van der Waals surface area contributed by atoms with Crippen molar-refractivity contribution in [2.75, 3.05) is 11.9 Å². The van der Waals surface area contributed by atoms with Gasteiger partial charge in [-0.1, -0.05) is 43.3 Å². The number of pyridine rings is 1. The molecule has 0 fully saturated rings. The van der Waals surface area contributed by atoms with Crippen LogP contribution >= 0.6 is 0 Å². The van der Waals surface area contributed by atoms with Gasteiger partial charge < -0.3 is 15.7 Å². The van der Waals surface area contributed by atoms with Crippen LogP contribution in [0.5, 0.6) is 0 Å². The minimum Gasteiger partial charge on any atom is -0.481 e. The normalized spacial score (nSPS) is 12.1. The van der Waals surface area contributed by atoms with Crippen molar-refractivity contribution in [3.63, 3.8) is 0 Å². The van der Waals surface area contributed by atoms with Crippen LogP contribution in [-0.2, 0) is 11.0 Å². The second-order valence-electron chi connectivity index (χ2n) is 7.63. The second kappa shape index (κ2) is 10.8. The molecule has 34 heavy (non-hydrogen) atoms. The van der Waals surface area contributed by atoms with E-state index in [0.29, 0.717) is 16.9 Å². The fourth-order valence-electron chi connectivity index (χ4n) is 3.36. The first-order chi connectivity index (χ1) is 16.2. The first-order valence-electron chi connectivity index (χ1n) is 10.7. The van der Waals surface area contributed by atoms with Gasteiger partial charge in [0.15, 0.2) is 0 Å². The monoisotopic (exact) mass is 471 g/mol. The molecule has 0 saturated heterocycles. The highest BCUT2D eigenvalue weighted by Crippen LogP contribution is 2.31. The number of carbonyl (C=O) groups is 2. The SMILES string of the molecule is CC[C@H](Nc1ccc(C(=O)NCCC(=O)O)cn1)c1ccc(-c2ccc(C(F)(F)F)cc2)cc1. The molecule has 0 saturated carbocycles. The Labute approximate surface area is 194 Å². The molecule has 0 unspecified atom stereocenters. The average molecular weight is 471 g/mol. The summed E-state index contributed by atoms with van der Waals surface area (Å²) < 4.78 is 38.3. The number of alkyl halides is 3. The summed E-state index contributed by atoms with van der Waals surface area (Å²) in [5.41, 5.74) is 2.13. The predicted molar refractivity (Wildman–Crippen MR) is 122 cm³/mol. The summed E-state index contributed by atoms with van der Waals surface area (Å²) in [6.45, 7) is 2.04. The lowest BCUT2D eigenvalue weighted by Gasteiger charge is -2.19. The quantitative estimate of drug-likeness (QED) is 0.381. The van der Waals surface area contributed by atoms with E-state index in [9.17, 15) is 22.8 Å². The second-order valence-corrected chi connectivity index (χ2v) is 7.63. The van der Waals surface area contributed by atoms with Crippen LogP contribution < -0.4 is 10.6 Å². The standard InChI is InChI=1S/C25H24F3N3O3/c1-2-21(31-22-12-9-19(15-30-22)24(34)29-14-13-23(32)33)18-5-3-16(4-6-18)17-7-10-20(11-8-17)25(26,27)28/h3-12,15,21H,2,13-14H2,1H3,(H,29,34)(H,30,31)(H,32,33)/t21-/m0/s1. The van der Waals surface area contributed by atoms with Crippen LogP contribution in [0.3, 0.4) is 0 Å². The molecule has 1 heterocycles. The molecule has 1 aromatic heterocycles. The van der Waals surface area contributed by atoms with Crippen LogP contribution in [0.1, 0.15) is 47.3 Å². The van der Waals surface area contributed by atoms with E-state index in [2.05, 4.69) is 15.6 Å². The van der Waals surface area contributed by atoms with Crippen LogP contribution in [0.4, 0.5) is 19.0 Å². The van der Waals surface area contributed by atoms with Crippen molar-refractivity contribution < 1.29 is 27.9 Å². The number of nitrogens with zero attached hydrogens (tertiary/aromatic N) is 1. The summed E-state index contributed by atoms with van der Waals surface area (Å²) in [4.78, 5) is 26.8. The molecule has 1 atom stereocenters. The largest absolute Gasteiger partial charge is 0.481 e. The van der Waals surface area contributed by atoms with Gasteiger partial charge in [0.1, 0.15) is 5.82 Å². The van der Waals surface area contributed by atoms with Gasteiger partial charge in [0.05, 0.1) is 23.6 Å². The molecule has 6 nitrogen and oxygen atoms in total. The van der Waals surface area contributed by atoms with Gasteiger partial charge in [-0.15, -0.1) is 0 Å². The summed E-state index contributed by atoms with van der Waals surface area (Å²) in [7, 11) is 0. The topological polar surface area (TPSA) is 91.3 Å². The van der Waals surface area contributed by atoms with Gasteiger partial charge >= 0.3 is 12.1 Å². The molecule has 0 radical (unpaired) electrons. The summed E-state index contributed by atoms with van der Waals surface area (Å²) in [6, 6.07) is 15.8. The highest BCUT2D eigenvalue weighted by Gasteiger charge is 2.29. The highest BCUT2D eigenvalue weighted by atomic mass is 19.4. The molecule has 0 spiro atoms. The molecular weight excluding hydrogens is 447 g/mol. The number of carboxylic acid groups (broad SMARTS) is 1. The highest BCUT2D eigenvalue weighted by molar-refractivity contribution is 5.94. The van der Waals surface area contributed by atoms with E-state index >= 15 is 0 Å². The van der Waals surface area contributed by atoms with Gasteiger partial charge in [-0.05, 0) is 47.4 Å². The zero-order valence-corrected chi connectivity index (χ0v) is 18.4. The third-order valence-corrected chi connectivity index (χ3v) is 5.24. The molecule has 3 rings (SSSR count). The Morgan fingerprint density at radius 1 is 0.971 bits per heavy atom. The molecule has 178 valence electrons. The molecule has 0 aliphatic rings. The summed E-state index contributed by atoms with van der Waals surface area (Å²) >= 11 is 0. The van der Waals surface area contributed by atoms with E-state index < -0.39 is 23.6 Å². The zero-order valence-electron chi connectivity index (χ0n) is 18.4. The first kappa shape index (κ1) is 24.8. The summed E-state index contributed by atoms with van der Waals surface area (Å²) in [5.74, 6) is -0.817. The molecule has 0 aliphatic carbocycles. The van der Waals surface area contributed by atoms with Crippen molar-refractivity contribution >= 4 is 17.7 Å². The fraction of sp³-hybridized carbons (Fsp3) is 0.240. The minimum atomic E-state index is -4.36. The van der Waals surface area contributed by atoms with Crippen LogP contribution in [0, 0.1) is 0 Å². The number of rotatable bonds is 9. The molecule has 3 aromatic rings. The van der Waals surface area contributed by atoms with Crippen LogP contribution in [-0.4, -0.2) is 28.5 Å². The molecular formula is C25H24F3N3O3. The van der Waals surface area contributed by atoms with Crippen molar-refractivity contribution in [2.45, 2.75) is 32.0 Å². The van der Waals surface area contributed by atoms with E-state index in [1.807, 2.05) is 31.2 Å². The molecule has 9 heteroatoms. The smallest absolute Gasteiger partial charge is 0.416 e. The molecule has 0 aliphatic heterocycles. The first-order valence-corrected chi connectivity index (χ1v) is 10.7. The number of hydrogen-bond acceptors (Lipinski definition) is 4.